The van der Waals surface area contributed by atoms with Gasteiger partial charge in [-0.2, -0.15) is 4.80 Å². The summed E-state index contributed by atoms with van der Waals surface area (Å²) in [5.41, 5.74) is 8.80. The van der Waals surface area contributed by atoms with Gasteiger partial charge in [-0.05, 0) is 57.6 Å². The summed E-state index contributed by atoms with van der Waals surface area (Å²) < 4.78 is 0. The Morgan fingerprint density at radius 1 is 0.444 bits per heavy atom. The lowest BCUT2D eigenvalue weighted by atomic mass is 9.95. The zero-order valence-electron chi connectivity index (χ0n) is 24.2. The Bertz CT molecular complexity index is 2540. The van der Waals surface area contributed by atoms with E-state index in [2.05, 4.69) is 103 Å². The Morgan fingerprint density at radius 2 is 1.13 bits per heavy atom. The van der Waals surface area contributed by atoms with E-state index in [1.807, 2.05) is 48.5 Å². The minimum absolute atomic E-state index is 0.686. The molecule has 0 radical (unpaired) electrons. The molecule has 2 heterocycles. The molecule has 5 nitrogen and oxygen atoms in total. The molecule has 0 fully saturated rings. The van der Waals surface area contributed by atoms with E-state index in [9.17, 15) is 0 Å². The van der Waals surface area contributed by atoms with Crippen molar-refractivity contribution in [2.24, 2.45) is 0 Å². The zero-order valence-corrected chi connectivity index (χ0v) is 24.2. The standard InChI is InChI=1S/C40H25N5/c1-3-11-26(12-4-1)31-15-7-8-16-32(31)38-33-17-9-10-18-35(33)41-40(42-38)29-22-20-27-19-21-28-23-24-36-39(37(28)34(27)25-29)44-45(43-36)30-13-5-2-6-14-30/h1-25H. The van der Waals surface area contributed by atoms with Gasteiger partial charge in [-0.1, -0.05) is 121 Å². The monoisotopic (exact) mass is 575 g/mol. The van der Waals surface area contributed by atoms with Crippen LogP contribution in [0.1, 0.15) is 0 Å². The van der Waals surface area contributed by atoms with E-state index in [0.717, 1.165) is 77.1 Å². The van der Waals surface area contributed by atoms with Crippen LogP contribution in [0.15, 0.2) is 152 Å². The highest BCUT2D eigenvalue weighted by Gasteiger charge is 2.17. The number of hydrogen-bond acceptors (Lipinski definition) is 4. The van der Waals surface area contributed by atoms with Crippen LogP contribution in [0.2, 0.25) is 0 Å². The van der Waals surface area contributed by atoms with E-state index in [-0.39, 0.29) is 0 Å². The van der Waals surface area contributed by atoms with E-state index < -0.39 is 0 Å². The summed E-state index contributed by atoms with van der Waals surface area (Å²) in [6.07, 6.45) is 0. The molecule has 0 aliphatic rings. The van der Waals surface area contributed by atoms with Crippen LogP contribution in [-0.4, -0.2) is 25.0 Å². The van der Waals surface area contributed by atoms with Gasteiger partial charge in [0.25, 0.3) is 0 Å². The predicted octanol–water partition coefficient (Wildman–Crippen LogP) is 9.67. The summed E-state index contributed by atoms with van der Waals surface area (Å²) in [5.74, 6) is 0.686. The van der Waals surface area contributed by atoms with Gasteiger partial charge in [-0.3, -0.25) is 0 Å². The van der Waals surface area contributed by atoms with Crippen molar-refractivity contribution in [3.05, 3.63) is 152 Å². The molecule has 9 rings (SSSR count). The van der Waals surface area contributed by atoms with Crippen molar-refractivity contribution in [3.63, 3.8) is 0 Å². The Labute approximate surface area is 259 Å². The maximum absolute atomic E-state index is 5.28. The van der Waals surface area contributed by atoms with Gasteiger partial charge < -0.3 is 0 Å². The Hall–Kier alpha value is -6.20. The molecule has 0 saturated heterocycles. The highest BCUT2D eigenvalue weighted by Crippen LogP contribution is 2.37. The summed E-state index contributed by atoms with van der Waals surface area (Å²) in [4.78, 5) is 12.1. The third kappa shape index (κ3) is 4.25. The smallest absolute Gasteiger partial charge is 0.160 e. The van der Waals surface area contributed by atoms with Crippen molar-refractivity contribution in [1.29, 1.82) is 0 Å². The molecule has 45 heavy (non-hydrogen) atoms. The molecule has 0 N–H and O–H groups in total. The number of fused-ring (bicyclic) bond motifs is 6. The van der Waals surface area contributed by atoms with E-state index in [4.69, 9.17) is 20.2 Å². The van der Waals surface area contributed by atoms with Crippen molar-refractivity contribution in [2.75, 3.05) is 0 Å². The van der Waals surface area contributed by atoms with Crippen LogP contribution in [0.25, 0.3) is 82.9 Å². The first kappa shape index (κ1) is 25.3. The number of hydrogen-bond donors (Lipinski definition) is 0. The molecular weight excluding hydrogens is 550 g/mol. The van der Waals surface area contributed by atoms with Crippen molar-refractivity contribution in [1.82, 2.24) is 25.0 Å². The molecule has 0 atom stereocenters. The largest absolute Gasteiger partial charge is 0.228 e. The maximum atomic E-state index is 5.28. The SMILES string of the molecule is c1ccc(-c2ccccc2-c2nc(-c3ccc4ccc5ccc6nn(-c7ccccc7)nc6c5c4c3)nc3ccccc23)cc1. The van der Waals surface area contributed by atoms with Gasteiger partial charge in [0, 0.05) is 21.9 Å². The topological polar surface area (TPSA) is 56.5 Å². The minimum Gasteiger partial charge on any atom is -0.228 e. The molecule has 2 aromatic heterocycles. The fraction of sp³-hybridized carbons (Fsp3) is 0. The van der Waals surface area contributed by atoms with Crippen LogP contribution in [-0.2, 0) is 0 Å². The van der Waals surface area contributed by atoms with Crippen LogP contribution in [0.3, 0.4) is 0 Å². The van der Waals surface area contributed by atoms with Crippen LogP contribution >= 0.6 is 0 Å². The van der Waals surface area contributed by atoms with Gasteiger partial charge in [0.2, 0.25) is 0 Å². The summed E-state index contributed by atoms with van der Waals surface area (Å²) >= 11 is 0. The Morgan fingerprint density at radius 3 is 2.00 bits per heavy atom. The molecule has 0 aliphatic heterocycles. The molecular formula is C40H25N5. The highest BCUT2D eigenvalue weighted by atomic mass is 15.5. The minimum atomic E-state index is 0.686. The molecule has 0 bridgehead atoms. The molecule has 0 spiro atoms. The number of rotatable bonds is 4. The van der Waals surface area contributed by atoms with E-state index in [0.29, 0.717) is 5.82 Å². The average molecular weight is 576 g/mol. The molecule has 0 amide bonds. The lowest BCUT2D eigenvalue weighted by Crippen LogP contribution is -1.97. The van der Waals surface area contributed by atoms with Gasteiger partial charge >= 0.3 is 0 Å². The predicted molar refractivity (Wildman–Crippen MR) is 183 cm³/mol. The Balaban J connectivity index is 1.28. The summed E-state index contributed by atoms with van der Waals surface area (Å²) in [5, 5.41) is 15.2. The molecule has 7 aromatic carbocycles. The fourth-order valence-corrected chi connectivity index (χ4v) is 6.30. The van der Waals surface area contributed by atoms with Crippen LogP contribution in [0.4, 0.5) is 0 Å². The third-order valence-corrected chi connectivity index (χ3v) is 8.47. The van der Waals surface area contributed by atoms with Gasteiger partial charge in [-0.15, -0.1) is 10.2 Å². The average Bonchev–Trinajstić information content (AvgIpc) is 3.56. The quantitative estimate of drug-likeness (QED) is 0.196. The maximum Gasteiger partial charge on any atom is 0.160 e. The number of nitrogens with zero attached hydrogens (tertiary/aromatic N) is 5. The van der Waals surface area contributed by atoms with Crippen molar-refractivity contribution in [2.45, 2.75) is 0 Å². The zero-order chi connectivity index (χ0) is 29.7. The molecule has 5 heteroatoms. The second-order valence-electron chi connectivity index (χ2n) is 11.2. The first-order valence-electron chi connectivity index (χ1n) is 15.0. The van der Waals surface area contributed by atoms with Crippen molar-refractivity contribution in [3.8, 4) is 39.5 Å². The molecule has 9 aromatic rings. The van der Waals surface area contributed by atoms with E-state index >= 15 is 0 Å². The Kier molecular flexibility index (Phi) is 5.74. The van der Waals surface area contributed by atoms with Gasteiger partial charge in [0.1, 0.15) is 11.0 Å². The third-order valence-electron chi connectivity index (χ3n) is 8.47. The molecule has 0 saturated carbocycles. The van der Waals surface area contributed by atoms with Gasteiger partial charge in [0.05, 0.1) is 16.9 Å². The van der Waals surface area contributed by atoms with E-state index in [1.54, 1.807) is 4.80 Å². The lowest BCUT2D eigenvalue weighted by Gasteiger charge is -2.14. The second-order valence-corrected chi connectivity index (χ2v) is 11.2. The van der Waals surface area contributed by atoms with Crippen LogP contribution in [0.5, 0.6) is 0 Å². The van der Waals surface area contributed by atoms with Gasteiger partial charge in [0.15, 0.2) is 5.82 Å². The normalized spacial score (nSPS) is 11.6. The highest BCUT2D eigenvalue weighted by molar-refractivity contribution is 6.18. The van der Waals surface area contributed by atoms with Crippen LogP contribution in [0, 0.1) is 0 Å². The van der Waals surface area contributed by atoms with E-state index in [1.165, 1.54) is 0 Å². The number of aromatic nitrogens is 5. The summed E-state index contributed by atoms with van der Waals surface area (Å²) in [7, 11) is 0. The second kappa shape index (κ2) is 10.2. The number of benzene rings is 7. The summed E-state index contributed by atoms with van der Waals surface area (Å²) in [6, 6.07) is 52.2. The lowest BCUT2D eigenvalue weighted by molar-refractivity contribution is 0.766. The first-order valence-corrected chi connectivity index (χ1v) is 15.0. The van der Waals surface area contributed by atoms with Gasteiger partial charge in [-0.25, -0.2) is 9.97 Å². The fourth-order valence-electron chi connectivity index (χ4n) is 6.30. The molecule has 210 valence electrons. The van der Waals surface area contributed by atoms with Crippen LogP contribution < -0.4 is 0 Å². The van der Waals surface area contributed by atoms with Crippen molar-refractivity contribution >= 4 is 43.5 Å². The van der Waals surface area contributed by atoms with Crippen molar-refractivity contribution < 1.29 is 0 Å². The molecule has 0 unspecified atom stereocenters. The number of para-hydroxylation sites is 2. The molecule has 0 aliphatic carbocycles. The first-order chi connectivity index (χ1) is 22.3. The summed E-state index contributed by atoms with van der Waals surface area (Å²) in [6.45, 7) is 0.